The molecule has 0 bridgehead atoms. The van der Waals surface area contributed by atoms with Crippen molar-refractivity contribution in [3.05, 3.63) is 64.1 Å². The molecule has 2 N–H and O–H groups in total. The minimum Gasteiger partial charge on any atom is -0.394 e. The Labute approximate surface area is 129 Å². The van der Waals surface area contributed by atoms with Crippen LogP contribution in [0.25, 0.3) is 0 Å². The third kappa shape index (κ3) is 3.22. The summed E-state index contributed by atoms with van der Waals surface area (Å²) in [6.07, 6.45) is 0.808. The molecule has 0 aliphatic rings. The van der Waals surface area contributed by atoms with Crippen LogP contribution >= 0.6 is 15.9 Å². The molecular weight excluding hydrogens is 314 g/mol. The first-order chi connectivity index (χ1) is 9.59. The van der Waals surface area contributed by atoms with Crippen molar-refractivity contribution in [1.82, 2.24) is 0 Å². The van der Waals surface area contributed by atoms with Gasteiger partial charge in [0.1, 0.15) is 0 Å². The lowest BCUT2D eigenvalue weighted by molar-refractivity contribution is 0.207. The minimum atomic E-state index is -0.443. The molecule has 0 amide bonds. The smallest absolute Gasteiger partial charge is 0.0854 e. The van der Waals surface area contributed by atoms with E-state index in [0.29, 0.717) is 0 Å². The first-order valence-electron chi connectivity index (χ1n) is 6.81. The Morgan fingerprint density at radius 3 is 2.15 bits per heavy atom. The van der Waals surface area contributed by atoms with Gasteiger partial charge in [0.15, 0.2) is 0 Å². The van der Waals surface area contributed by atoms with Crippen molar-refractivity contribution in [2.75, 3.05) is 11.9 Å². The van der Waals surface area contributed by atoms with E-state index in [1.54, 1.807) is 0 Å². The average Bonchev–Trinajstić information content (AvgIpc) is 2.48. The number of rotatable bonds is 5. The number of aliphatic hydroxyl groups excluding tert-OH is 1. The summed E-state index contributed by atoms with van der Waals surface area (Å²) < 4.78 is 1.05. The number of nitrogens with one attached hydrogen (secondary N) is 1. The molecule has 0 saturated carbocycles. The van der Waals surface area contributed by atoms with Gasteiger partial charge < -0.3 is 10.4 Å². The standard InChI is InChI=1S/C17H20BrNO/c1-3-17(12-20,14-6-4-13(2)5-7-14)19-16-10-8-15(18)9-11-16/h4-11,19-20H,3,12H2,1-2H3. The van der Waals surface area contributed by atoms with Crippen molar-refractivity contribution in [3.8, 4) is 0 Å². The molecule has 1 unspecified atom stereocenters. The molecule has 106 valence electrons. The van der Waals surface area contributed by atoms with Crippen LogP contribution < -0.4 is 5.32 Å². The van der Waals surface area contributed by atoms with Crippen LogP contribution in [0.5, 0.6) is 0 Å². The lowest BCUT2D eigenvalue weighted by Gasteiger charge is -2.34. The molecule has 2 rings (SSSR count). The summed E-state index contributed by atoms with van der Waals surface area (Å²) in [4.78, 5) is 0. The van der Waals surface area contributed by atoms with Crippen LogP contribution in [0, 0.1) is 6.92 Å². The van der Waals surface area contributed by atoms with Crippen molar-refractivity contribution >= 4 is 21.6 Å². The van der Waals surface area contributed by atoms with E-state index in [2.05, 4.69) is 59.4 Å². The van der Waals surface area contributed by atoms with Crippen LogP contribution in [0.1, 0.15) is 24.5 Å². The molecule has 0 radical (unpaired) electrons. The van der Waals surface area contributed by atoms with Crippen LogP contribution in [0.15, 0.2) is 53.0 Å². The van der Waals surface area contributed by atoms with E-state index in [1.807, 2.05) is 24.3 Å². The number of halogens is 1. The predicted molar refractivity (Wildman–Crippen MR) is 88.0 cm³/mol. The number of hydrogen-bond acceptors (Lipinski definition) is 2. The van der Waals surface area contributed by atoms with Crippen LogP contribution in [0.3, 0.4) is 0 Å². The summed E-state index contributed by atoms with van der Waals surface area (Å²) >= 11 is 3.43. The monoisotopic (exact) mass is 333 g/mol. The summed E-state index contributed by atoms with van der Waals surface area (Å²) in [7, 11) is 0. The highest BCUT2D eigenvalue weighted by atomic mass is 79.9. The van der Waals surface area contributed by atoms with Gasteiger partial charge in [-0.2, -0.15) is 0 Å². The van der Waals surface area contributed by atoms with Crippen molar-refractivity contribution in [2.45, 2.75) is 25.8 Å². The highest BCUT2D eigenvalue weighted by Crippen LogP contribution is 2.30. The Balaban J connectivity index is 2.33. The average molecular weight is 334 g/mol. The Bertz CT molecular complexity index is 544. The molecule has 0 aliphatic heterocycles. The van der Waals surface area contributed by atoms with E-state index in [0.717, 1.165) is 22.1 Å². The van der Waals surface area contributed by atoms with Gasteiger partial charge in [-0.25, -0.2) is 0 Å². The molecule has 20 heavy (non-hydrogen) atoms. The molecule has 0 heterocycles. The number of benzene rings is 2. The Morgan fingerprint density at radius 1 is 1.05 bits per heavy atom. The maximum Gasteiger partial charge on any atom is 0.0854 e. The van der Waals surface area contributed by atoms with Crippen molar-refractivity contribution in [3.63, 3.8) is 0 Å². The van der Waals surface area contributed by atoms with Gasteiger partial charge in [0.25, 0.3) is 0 Å². The first-order valence-corrected chi connectivity index (χ1v) is 7.61. The molecule has 2 aromatic carbocycles. The third-order valence-corrected chi connectivity index (χ3v) is 4.23. The maximum absolute atomic E-state index is 9.94. The highest BCUT2D eigenvalue weighted by molar-refractivity contribution is 9.10. The van der Waals surface area contributed by atoms with Gasteiger partial charge in [0, 0.05) is 10.2 Å². The first kappa shape index (κ1) is 15.1. The predicted octanol–water partition coefficient (Wildman–Crippen LogP) is 4.47. The quantitative estimate of drug-likeness (QED) is 0.846. The van der Waals surface area contributed by atoms with Gasteiger partial charge in [-0.3, -0.25) is 0 Å². The second-order valence-corrected chi connectivity index (χ2v) is 6.01. The normalized spacial score (nSPS) is 13.8. The zero-order valence-electron chi connectivity index (χ0n) is 11.9. The maximum atomic E-state index is 9.94. The van der Waals surface area contributed by atoms with E-state index in [1.165, 1.54) is 5.56 Å². The van der Waals surface area contributed by atoms with Crippen LogP contribution in [0.2, 0.25) is 0 Å². The molecule has 0 spiro atoms. The van der Waals surface area contributed by atoms with E-state index in [9.17, 15) is 5.11 Å². The number of hydrogen-bond donors (Lipinski definition) is 2. The largest absolute Gasteiger partial charge is 0.394 e. The zero-order valence-corrected chi connectivity index (χ0v) is 13.4. The van der Waals surface area contributed by atoms with E-state index in [-0.39, 0.29) is 6.61 Å². The van der Waals surface area contributed by atoms with Crippen molar-refractivity contribution in [2.24, 2.45) is 0 Å². The number of aryl methyl sites for hydroxylation is 1. The summed E-state index contributed by atoms with van der Waals surface area (Å²) in [5, 5.41) is 13.4. The second-order valence-electron chi connectivity index (χ2n) is 5.09. The van der Waals surface area contributed by atoms with Crippen LogP contribution in [-0.4, -0.2) is 11.7 Å². The molecule has 1 atom stereocenters. The molecule has 0 fully saturated rings. The number of anilines is 1. The van der Waals surface area contributed by atoms with E-state index < -0.39 is 5.54 Å². The van der Waals surface area contributed by atoms with Gasteiger partial charge in [-0.15, -0.1) is 0 Å². The fraction of sp³-hybridized carbons (Fsp3) is 0.294. The highest BCUT2D eigenvalue weighted by Gasteiger charge is 2.29. The molecule has 3 heteroatoms. The third-order valence-electron chi connectivity index (χ3n) is 3.71. The van der Waals surface area contributed by atoms with Crippen molar-refractivity contribution < 1.29 is 5.11 Å². The minimum absolute atomic E-state index is 0.0582. The van der Waals surface area contributed by atoms with Gasteiger partial charge in [-0.05, 0) is 43.2 Å². The molecule has 2 aromatic rings. The summed E-state index contributed by atoms with van der Waals surface area (Å²) in [6.45, 7) is 4.21. The van der Waals surface area contributed by atoms with E-state index >= 15 is 0 Å². The molecule has 2 nitrogen and oxygen atoms in total. The van der Waals surface area contributed by atoms with Crippen LogP contribution in [-0.2, 0) is 5.54 Å². The summed E-state index contributed by atoms with van der Waals surface area (Å²) in [5.41, 5.74) is 2.89. The topological polar surface area (TPSA) is 32.3 Å². The van der Waals surface area contributed by atoms with Gasteiger partial charge in [0.05, 0.1) is 12.1 Å². The molecule has 0 aromatic heterocycles. The fourth-order valence-electron chi connectivity index (χ4n) is 2.29. The van der Waals surface area contributed by atoms with Gasteiger partial charge in [0.2, 0.25) is 0 Å². The summed E-state index contributed by atoms with van der Waals surface area (Å²) in [5.74, 6) is 0. The second kappa shape index (κ2) is 6.42. The van der Waals surface area contributed by atoms with Crippen molar-refractivity contribution in [1.29, 1.82) is 0 Å². The number of aliphatic hydroxyl groups is 1. The lowest BCUT2D eigenvalue weighted by Crippen LogP contribution is -2.38. The Kier molecular flexibility index (Phi) is 4.84. The molecule has 0 aliphatic carbocycles. The molecule has 0 saturated heterocycles. The SMILES string of the molecule is CCC(CO)(Nc1ccc(Br)cc1)c1ccc(C)cc1. The zero-order chi connectivity index (χ0) is 14.6. The van der Waals surface area contributed by atoms with Crippen LogP contribution in [0.4, 0.5) is 5.69 Å². The Hall–Kier alpha value is -1.32. The molecular formula is C17H20BrNO. The van der Waals surface area contributed by atoms with E-state index in [4.69, 9.17) is 0 Å². The summed E-state index contributed by atoms with van der Waals surface area (Å²) in [6, 6.07) is 16.3. The fourth-order valence-corrected chi connectivity index (χ4v) is 2.55. The lowest BCUT2D eigenvalue weighted by atomic mass is 9.87. The Morgan fingerprint density at radius 2 is 1.65 bits per heavy atom. The van der Waals surface area contributed by atoms with Gasteiger partial charge >= 0.3 is 0 Å². The van der Waals surface area contributed by atoms with Gasteiger partial charge in [-0.1, -0.05) is 52.7 Å².